The van der Waals surface area contributed by atoms with Gasteiger partial charge in [0.1, 0.15) is 0 Å². The van der Waals surface area contributed by atoms with Crippen LogP contribution in [0.25, 0.3) is 0 Å². The maximum absolute atomic E-state index is 9.18. The molecule has 15 heavy (non-hydrogen) atoms. The van der Waals surface area contributed by atoms with E-state index in [1.54, 1.807) is 0 Å². The van der Waals surface area contributed by atoms with Gasteiger partial charge in [-0.25, -0.2) is 0 Å². The molecule has 0 spiro atoms. The van der Waals surface area contributed by atoms with Crippen molar-refractivity contribution in [3.05, 3.63) is 0 Å². The minimum absolute atomic E-state index is 0.253. The van der Waals surface area contributed by atoms with E-state index in [-0.39, 0.29) is 12.6 Å². The van der Waals surface area contributed by atoms with E-state index in [4.69, 9.17) is 0 Å². The van der Waals surface area contributed by atoms with Gasteiger partial charge in [0.2, 0.25) is 0 Å². The summed E-state index contributed by atoms with van der Waals surface area (Å²) < 4.78 is 0. The number of hydrogen-bond acceptors (Lipinski definition) is 2. The molecule has 0 aliphatic rings. The number of nitrogens with one attached hydrogen (secondary N) is 1. The molecular weight excluding hydrogens is 186 g/mol. The van der Waals surface area contributed by atoms with Crippen molar-refractivity contribution < 1.29 is 5.11 Å². The largest absolute Gasteiger partial charge is 0.395 e. The maximum atomic E-state index is 9.18. The maximum Gasteiger partial charge on any atom is 0.0584 e. The molecule has 0 aliphatic carbocycles. The SMILES string of the molecule is CC[C@@H](CO)NC(CC(C)C)CC(C)C. The zero-order chi connectivity index (χ0) is 11.8. The summed E-state index contributed by atoms with van der Waals surface area (Å²) in [5, 5.41) is 12.7. The average molecular weight is 215 g/mol. The van der Waals surface area contributed by atoms with Gasteiger partial charge in [0.15, 0.2) is 0 Å². The molecule has 0 aromatic carbocycles. The molecule has 2 nitrogen and oxygen atoms in total. The minimum atomic E-state index is 0.253. The Kier molecular flexibility index (Phi) is 8.07. The quantitative estimate of drug-likeness (QED) is 0.652. The van der Waals surface area contributed by atoms with Crippen molar-refractivity contribution in [3.63, 3.8) is 0 Å². The molecule has 2 heteroatoms. The zero-order valence-corrected chi connectivity index (χ0v) is 11.1. The fourth-order valence-corrected chi connectivity index (χ4v) is 2.00. The molecule has 2 N–H and O–H groups in total. The number of aliphatic hydroxyl groups excluding tert-OH is 1. The van der Waals surface area contributed by atoms with E-state index in [2.05, 4.69) is 39.9 Å². The molecule has 0 amide bonds. The van der Waals surface area contributed by atoms with Crippen LogP contribution in [0.5, 0.6) is 0 Å². The van der Waals surface area contributed by atoms with Crippen molar-refractivity contribution >= 4 is 0 Å². The van der Waals surface area contributed by atoms with Gasteiger partial charge in [-0.2, -0.15) is 0 Å². The number of aliphatic hydroxyl groups is 1. The minimum Gasteiger partial charge on any atom is -0.395 e. The van der Waals surface area contributed by atoms with Crippen molar-refractivity contribution in [1.82, 2.24) is 5.32 Å². The third-order valence-corrected chi connectivity index (χ3v) is 2.70. The van der Waals surface area contributed by atoms with Gasteiger partial charge in [-0.1, -0.05) is 34.6 Å². The monoisotopic (exact) mass is 215 g/mol. The molecule has 0 aliphatic heterocycles. The van der Waals surface area contributed by atoms with Crippen LogP contribution in [0.4, 0.5) is 0 Å². The van der Waals surface area contributed by atoms with Crippen LogP contribution in [0.2, 0.25) is 0 Å². The summed E-state index contributed by atoms with van der Waals surface area (Å²) >= 11 is 0. The van der Waals surface area contributed by atoms with Gasteiger partial charge >= 0.3 is 0 Å². The van der Waals surface area contributed by atoms with Crippen LogP contribution in [0, 0.1) is 11.8 Å². The molecule has 0 saturated heterocycles. The van der Waals surface area contributed by atoms with E-state index in [0.29, 0.717) is 6.04 Å². The average Bonchev–Trinajstić information content (AvgIpc) is 2.11. The molecule has 0 heterocycles. The summed E-state index contributed by atoms with van der Waals surface area (Å²) in [5.41, 5.74) is 0. The van der Waals surface area contributed by atoms with Crippen molar-refractivity contribution in [2.24, 2.45) is 11.8 Å². The molecular formula is C13H29NO. The van der Waals surface area contributed by atoms with Gasteiger partial charge in [0.25, 0.3) is 0 Å². The Bertz CT molecular complexity index is 131. The van der Waals surface area contributed by atoms with Gasteiger partial charge in [-0.15, -0.1) is 0 Å². The lowest BCUT2D eigenvalue weighted by atomic mass is 9.95. The fourth-order valence-electron chi connectivity index (χ4n) is 2.00. The standard InChI is InChI=1S/C13H29NO/c1-6-12(9-15)14-13(7-10(2)3)8-11(4)5/h10-15H,6-9H2,1-5H3/t12-/m0/s1. The highest BCUT2D eigenvalue weighted by Gasteiger charge is 2.15. The highest BCUT2D eigenvalue weighted by atomic mass is 16.3. The second-order valence-electron chi connectivity index (χ2n) is 5.41. The van der Waals surface area contributed by atoms with Crippen molar-refractivity contribution in [2.75, 3.05) is 6.61 Å². The second kappa shape index (κ2) is 8.12. The highest BCUT2D eigenvalue weighted by molar-refractivity contribution is 4.75. The third-order valence-electron chi connectivity index (χ3n) is 2.70. The Morgan fingerprint density at radius 2 is 1.40 bits per heavy atom. The van der Waals surface area contributed by atoms with Crippen molar-refractivity contribution in [1.29, 1.82) is 0 Å². The van der Waals surface area contributed by atoms with E-state index < -0.39 is 0 Å². The van der Waals surface area contributed by atoms with Crippen molar-refractivity contribution in [3.8, 4) is 0 Å². The predicted octanol–water partition coefficient (Wildman–Crippen LogP) is 2.81. The van der Waals surface area contributed by atoms with Crippen LogP contribution in [-0.2, 0) is 0 Å². The Morgan fingerprint density at radius 3 is 1.67 bits per heavy atom. The lowest BCUT2D eigenvalue weighted by Crippen LogP contribution is -2.41. The molecule has 0 rings (SSSR count). The summed E-state index contributed by atoms with van der Waals surface area (Å²) in [6.07, 6.45) is 3.41. The first-order valence-corrected chi connectivity index (χ1v) is 6.36. The molecule has 0 saturated carbocycles. The first-order valence-electron chi connectivity index (χ1n) is 6.36. The molecule has 0 aromatic heterocycles. The summed E-state index contributed by atoms with van der Waals surface area (Å²) in [7, 11) is 0. The van der Waals surface area contributed by atoms with Crippen LogP contribution in [0.1, 0.15) is 53.9 Å². The van der Waals surface area contributed by atoms with Crippen LogP contribution in [-0.4, -0.2) is 23.8 Å². The van der Waals surface area contributed by atoms with Crippen LogP contribution >= 0.6 is 0 Å². The second-order valence-corrected chi connectivity index (χ2v) is 5.41. The molecule has 92 valence electrons. The van der Waals surface area contributed by atoms with Gasteiger partial charge < -0.3 is 10.4 Å². The van der Waals surface area contributed by atoms with Gasteiger partial charge in [0.05, 0.1) is 6.61 Å². The van der Waals surface area contributed by atoms with Crippen LogP contribution < -0.4 is 5.32 Å². The molecule has 0 bridgehead atoms. The lowest BCUT2D eigenvalue weighted by molar-refractivity contribution is 0.213. The van der Waals surface area contributed by atoms with E-state index >= 15 is 0 Å². The molecule has 0 aromatic rings. The third kappa shape index (κ3) is 7.80. The van der Waals surface area contributed by atoms with Crippen LogP contribution in [0.3, 0.4) is 0 Å². The molecule has 0 unspecified atom stereocenters. The predicted molar refractivity (Wildman–Crippen MR) is 67.0 cm³/mol. The molecule has 0 fully saturated rings. The Balaban J connectivity index is 4.09. The summed E-state index contributed by atoms with van der Waals surface area (Å²) in [5.74, 6) is 1.44. The van der Waals surface area contributed by atoms with Crippen molar-refractivity contribution in [2.45, 2.75) is 66.0 Å². The first kappa shape index (κ1) is 14.9. The van der Waals surface area contributed by atoms with Crippen LogP contribution in [0.15, 0.2) is 0 Å². The summed E-state index contributed by atoms with van der Waals surface area (Å²) in [6.45, 7) is 11.4. The van der Waals surface area contributed by atoms with Gasteiger partial charge in [0, 0.05) is 12.1 Å². The number of rotatable bonds is 8. The summed E-state index contributed by atoms with van der Waals surface area (Å²) in [6, 6.07) is 0.828. The summed E-state index contributed by atoms with van der Waals surface area (Å²) in [4.78, 5) is 0. The van der Waals surface area contributed by atoms with Gasteiger partial charge in [-0.3, -0.25) is 0 Å². The van der Waals surface area contributed by atoms with E-state index in [0.717, 1.165) is 18.3 Å². The van der Waals surface area contributed by atoms with E-state index in [9.17, 15) is 5.11 Å². The fraction of sp³-hybridized carbons (Fsp3) is 1.00. The highest BCUT2D eigenvalue weighted by Crippen LogP contribution is 2.14. The van der Waals surface area contributed by atoms with E-state index in [1.165, 1.54) is 12.8 Å². The Labute approximate surface area is 95.5 Å². The smallest absolute Gasteiger partial charge is 0.0584 e. The molecule has 1 atom stereocenters. The molecule has 0 radical (unpaired) electrons. The van der Waals surface area contributed by atoms with Gasteiger partial charge in [-0.05, 0) is 31.1 Å². The zero-order valence-electron chi connectivity index (χ0n) is 11.1. The normalized spacial score (nSPS) is 14.2. The van der Waals surface area contributed by atoms with E-state index in [1.807, 2.05) is 0 Å². The number of hydrogen-bond donors (Lipinski definition) is 2. The lowest BCUT2D eigenvalue weighted by Gasteiger charge is -2.26. The first-order chi connectivity index (χ1) is 6.99. The Hall–Kier alpha value is -0.0800. The topological polar surface area (TPSA) is 32.3 Å². The Morgan fingerprint density at radius 1 is 0.933 bits per heavy atom.